The van der Waals surface area contributed by atoms with Crippen LogP contribution in [0.15, 0.2) is 76.7 Å². The summed E-state index contributed by atoms with van der Waals surface area (Å²) in [4.78, 5) is 41.2. The van der Waals surface area contributed by atoms with Crippen molar-refractivity contribution in [2.45, 2.75) is 32.5 Å². The molecule has 182 valence electrons. The van der Waals surface area contributed by atoms with Crippen LogP contribution >= 0.6 is 0 Å². The van der Waals surface area contributed by atoms with Gasteiger partial charge in [0.2, 0.25) is 5.43 Å². The molecule has 0 bridgehead atoms. The molecule has 1 unspecified atom stereocenters. The molecular weight excluding hydrogens is 444 g/mol. The topological polar surface area (TPSA) is 96.6 Å². The average molecular weight is 475 g/mol. The first-order valence-electron chi connectivity index (χ1n) is 11.7. The zero-order valence-electron chi connectivity index (χ0n) is 19.8. The average Bonchev–Trinajstić information content (AvgIpc) is 3.47. The van der Waals surface area contributed by atoms with E-state index in [4.69, 9.17) is 4.42 Å². The number of aryl methyl sites for hydroxylation is 1. The molecule has 2 aromatic heterocycles. The van der Waals surface area contributed by atoms with E-state index >= 15 is 0 Å². The highest BCUT2D eigenvalue weighted by Gasteiger charge is 2.26. The Bertz CT molecular complexity index is 1260. The number of hydrogen-bond donors (Lipinski definition) is 2. The summed E-state index contributed by atoms with van der Waals surface area (Å²) < 4.78 is 7.27. The lowest BCUT2D eigenvalue weighted by Gasteiger charge is -2.17. The van der Waals surface area contributed by atoms with Gasteiger partial charge in [-0.15, -0.1) is 6.58 Å². The molecule has 0 saturated carbocycles. The van der Waals surface area contributed by atoms with E-state index in [0.717, 1.165) is 25.3 Å². The van der Waals surface area contributed by atoms with Gasteiger partial charge in [-0.25, -0.2) is 0 Å². The molecule has 0 radical (unpaired) electrons. The van der Waals surface area contributed by atoms with E-state index in [9.17, 15) is 14.4 Å². The van der Waals surface area contributed by atoms with Gasteiger partial charge in [0.05, 0.1) is 6.54 Å². The van der Waals surface area contributed by atoms with Crippen molar-refractivity contribution in [2.24, 2.45) is 0 Å². The third kappa shape index (κ3) is 6.16. The van der Waals surface area contributed by atoms with Crippen LogP contribution in [0.1, 0.15) is 44.2 Å². The molecule has 0 aliphatic carbocycles. The molecule has 2 amide bonds. The second-order valence-corrected chi connectivity index (χ2v) is 8.78. The van der Waals surface area contributed by atoms with E-state index in [2.05, 4.69) is 34.2 Å². The molecular formula is C27H30N4O4. The molecule has 0 spiro atoms. The van der Waals surface area contributed by atoms with Crippen LogP contribution in [-0.4, -0.2) is 47.0 Å². The summed E-state index contributed by atoms with van der Waals surface area (Å²) >= 11 is 0. The van der Waals surface area contributed by atoms with Crippen LogP contribution in [0, 0.1) is 6.92 Å². The normalized spacial score (nSPS) is 15.6. The van der Waals surface area contributed by atoms with Crippen LogP contribution < -0.4 is 16.1 Å². The van der Waals surface area contributed by atoms with Crippen molar-refractivity contribution in [3.05, 3.63) is 106 Å². The summed E-state index contributed by atoms with van der Waals surface area (Å²) in [6, 6.07) is 13.8. The number of aromatic nitrogens is 1. The molecule has 1 fully saturated rings. The summed E-state index contributed by atoms with van der Waals surface area (Å²) in [7, 11) is 0. The maximum atomic E-state index is 13.2. The molecule has 8 heteroatoms. The van der Waals surface area contributed by atoms with Crippen molar-refractivity contribution in [1.82, 2.24) is 20.1 Å². The Hall–Kier alpha value is -3.91. The van der Waals surface area contributed by atoms with Crippen molar-refractivity contribution in [2.75, 3.05) is 19.6 Å². The van der Waals surface area contributed by atoms with Gasteiger partial charge in [0.25, 0.3) is 11.8 Å². The van der Waals surface area contributed by atoms with Crippen LogP contribution in [0.2, 0.25) is 0 Å². The number of hydrogen-bond acceptors (Lipinski definition) is 5. The van der Waals surface area contributed by atoms with Gasteiger partial charge < -0.3 is 19.6 Å². The molecule has 35 heavy (non-hydrogen) atoms. The lowest BCUT2D eigenvalue weighted by molar-refractivity contribution is 0.0935. The predicted molar refractivity (Wildman–Crippen MR) is 133 cm³/mol. The number of carbonyl (C=O) groups is 2. The van der Waals surface area contributed by atoms with Gasteiger partial charge >= 0.3 is 0 Å². The number of carbonyl (C=O) groups excluding carboxylic acids is 2. The van der Waals surface area contributed by atoms with Crippen molar-refractivity contribution in [3.63, 3.8) is 0 Å². The monoisotopic (exact) mass is 474 g/mol. The molecule has 2 N–H and O–H groups in total. The minimum Gasteiger partial charge on any atom is -0.464 e. The highest BCUT2D eigenvalue weighted by molar-refractivity contribution is 5.99. The molecule has 1 aliphatic rings. The lowest BCUT2D eigenvalue weighted by atomic mass is 10.1. The van der Waals surface area contributed by atoms with Gasteiger partial charge in [0, 0.05) is 44.6 Å². The first kappa shape index (κ1) is 24.2. The largest absolute Gasteiger partial charge is 0.464 e. The number of nitrogens with zero attached hydrogens (tertiary/aromatic N) is 2. The third-order valence-electron chi connectivity index (χ3n) is 5.97. The van der Waals surface area contributed by atoms with Crippen LogP contribution in [0.25, 0.3) is 0 Å². The minimum absolute atomic E-state index is 0.0685. The highest BCUT2D eigenvalue weighted by Crippen LogP contribution is 2.14. The van der Waals surface area contributed by atoms with Gasteiger partial charge in [-0.05, 0) is 31.0 Å². The summed E-state index contributed by atoms with van der Waals surface area (Å²) in [5.74, 6) is 0.375. The molecule has 3 aromatic rings. The lowest BCUT2D eigenvalue weighted by Crippen LogP contribution is -2.40. The molecule has 8 nitrogen and oxygen atoms in total. The van der Waals surface area contributed by atoms with Gasteiger partial charge in [-0.1, -0.05) is 36.4 Å². The predicted octanol–water partition coefficient (Wildman–Crippen LogP) is 2.72. The Kier molecular flexibility index (Phi) is 7.62. The first-order valence-corrected chi connectivity index (χ1v) is 11.7. The van der Waals surface area contributed by atoms with Gasteiger partial charge in [0.1, 0.15) is 22.6 Å². The van der Waals surface area contributed by atoms with E-state index in [0.29, 0.717) is 12.3 Å². The summed E-state index contributed by atoms with van der Waals surface area (Å²) in [6.45, 7) is 8.27. The van der Waals surface area contributed by atoms with Crippen LogP contribution in [0.3, 0.4) is 0 Å². The van der Waals surface area contributed by atoms with Crippen molar-refractivity contribution >= 4 is 11.8 Å². The van der Waals surface area contributed by atoms with Crippen LogP contribution in [-0.2, 0) is 13.1 Å². The molecule has 1 aromatic carbocycles. The zero-order valence-corrected chi connectivity index (χ0v) is 19.8. The number of rotatable bonds is 9. The number of furan rings is 1. The first-order chi connectivity index (χ1) is 16.9. The smallest absolute Gasteiger partial charge is 0.257 e. The third-order valence-corrected chi connectivity index (χ3v) is 5.97. The quantitative estimate of drug-likeness (QED) is 0.465. The number of benzene rings is 1. The molecule has 3 heterocycles. The van der Waals surface area contributed by atoms with Crippen molar-refractivity contribution in [1.29, 1.82) is 0 Å². The fourth-order valence-electron chi connectivity index (χ4n) is 4.26. The molecule has 1 saturated heterocycles. The zero-order chi connectivity index (χ0) is 24.8. The van der Waals surface area contributed by atoms with E-state index in [1.165, 1.54) is 24.0 Å². The second kappa shape index (κ2) is 11.0. The molecule has 1 aliphatic heterocycles. The van der Waals surface area contributed by atoms with Gasteiger partial charge in [-0.3, -0.25) is 19.3 Å². The Morgan fingerprint density at radius 1 is 1.09 bits per heavy atom. The van der Waals surface area contributed by atoms with Crippen LogP contribution in [0.4, 0.5) is 0 Å². The Labute approximate surface area is 204 Å². The second-order valence-electron chi connectivity index (χ2n) is 8.78. The minimum atomic E-state index is -0.602. The fraction of sp³-hybridized carbons (Fsp3) is 0.296. The van der Waals surface area contributed by atoms with E-state index in [1.54, 1.807) is 4.57 Å². The summed E-state index contributed by atoms with van der Waals surface area (Å²) in [6.07, 6.45) is 5.25. The van der Waals surface area contributed by atoms with Gasteiger partial charge in [0.15, 0.2) is 0 Å². The number of amides is 2. The summed E-state index contributed by atoms with van der Waals surface area (Å²) in [5, 5.41) is 5.61. The SMILES string of the molecule is C=CCNC(=O)c1cn(Cc2ccc(C)o2)cc(C(=O)NC2CCN(Cc3ccccc3)C2)c1=O. The molecule has 4 rings (SSSR count). The number of pyridine rings is 1. The van der Waals surface area contributed by atoms with Crippen LogP contribution in [0.5, 0.6) is 0 Å². The summed E-state index contributed by atoms with van der Waals surface area (Å²) in [5.41, 5.74) is 0.449. The number of nitrogens with one attached hydrogen (secondary N) is 2. The Morgan fingerprint density at radius 3 is 2.51 bits per heavy atom. The fourth-order valence-corrected chi connectivity index (χ4v) is 4.26. The Balaban J connectivity index is 1.52. The molecule has 1 atom stereocenters. The number of likely N-dealkylation sites (tertiary alicyclic amines) is 1. The van der Waals surface area contributed by atoms with Gasteiger partial charge in [-0.2, -0.15) is 0 Å². The standard InChI is InChI=1S/C27H30N4O4/c1-3-12-28-26(33)23-17-31(16-22-10-9-19(2)35-22)18-24(25(23)32)27(34)29-21-11-13-30(15-21)14-20-7-5-4-6-8-20/h3-10,17-18,21H,1,11-16H2,2H3,(H,28,33)(H,29,34). The van der Waals surface area contributed by atoms with Crippen molar-refractivity contribution < 1.29 is 14.0 Å². The highest BCUT2D eigenvalue weighted by atomic mass is 16.3. The van der Waals surface area contributed by atoms with E-state index in [1.807, 2.05) is 37.3 Å². The Morgan fingerprint density at radius 2 is 1.83 bits per heavy atom. The van der Waals surface area contributed by atoms with Crippen molar-refractivity contribution in [3.8, 4) is 0 Å². The maximum Gasteiger partial charge on any atom is 0.257 e. The maximum absolute atomic E-state index is 13.2. The van der Waals surface area contributed by atoms with E-state index in [-0.39, 0.29) is 30.3 Å². The van der Waals surface area contributed by atoms with E-state index < -0.39 is 17.2 Å².